The fraction of sp³-hybridized carbons (Fsp3) is 0.118. The molecule has 0 amide bonds. The third-order valence-electron chi connectivity index (χ3n) is 3.89. The van der Waals surface area contributed by atoms with Gasteiger partial charge in [0.15, 0.2) is 16.9 Å². The molecule has 0 fully saturated rings. The highest BCUT2D eigenvalue weighted by Gasteiger charge is 2.17. The molecule has 0 unspecified atom stereocenters. The number of hydrogen-bond donors (Lipinski definition) is 0. The Morgan fingerprint density at radius 3 is 2.45 bits per heavy atom. The number of fused-ring (bicyclic) bond motifs is 2. The maximum absolute atomic E-state index is 13.1. The highest BCUT2D eigenvalue weighted by atomic mass is 19.1. The number of pyridine rings is 1. The minimum atomic E-state index is -0.307. The summed E-state index contributed by atoms with van der Waals surface area (Å²) >= 11 is 0. The molecule has 1 aromatic heterocycles. The molecule has 2 aromatic carbocycles. The molecular formula is C17H12FNO3. The fourth-order valence-corrected chi connectivity index (χ4v) is 2.73. The number of aryl methyl sites for hydroxylation is 1. The summed E-state index contributed by atoms with van der Waals surface area (Å²) in [6, 6.07) is 11.1. The van der Waals surface area contributed by atoms with Crippen LogP contribution in [0.4, 0.5) is 4.39 Å². The van der Waals surface area contributed by atoms with Crippen LogP contribution in [-0.2, 0) is 7.05 Å². The van der Waals surface area contributed by atoms with E-state index in [9.17, 15) is 9.18 Å². The number of halogens is 1. The summed E-state index contributed by atoms with van der Waals surface area (Å²) in [7, 11) is 1.86. The van der Waals surface area contributed by atoms with E-state index in [1.807, 2.05) is 11.6 Å². The van der Waals surface area contributed by atoms with Gasteiger partial charge in [0.2, 0.25) is 6.79 Å². The Hall–Kier alpha value is -2.82. The molecule has 0 spiro atoms. The van der Waals surface area contributed by atoms with Crippen LogP contribution in [0.2, 0.25) is 0 Å². The van der Waals surface area contributed by atoms with Crippen LogP contribution in [0.15, 0.2) is 47.3 Å². The van der Waals surface area contributed by atoms with E-state index in [0.717, 1.165) is 16.8 Å². The number of rotatable bonds is 1. The Kier molecular flexibility index (Phi) is 2.69. The second-order valence-corrected chi connectivity index (χ2v) is 5.18. The monoisotopic (exact) mass is 297 g/mol. The largest absolute Gasteiger partial charge is 0.454 e. The molecule has 2 heterocycles. The molecule has 1 aliphatic heterocycles. The van der Waals surface area contributed by atoms with Crippen molar-refractivity contribution in [2.24, 2.45) is 7.05 Å². The molecule has 0 saturated carbocycles. The number of hydrogen-bond acceptors (Lipinski definition) is 3. The quantitative estimate of drug-likeness (QED) is 0.693. The van der Waals surface area contributed by atoms with Crippen molar-refractivity contribution < 1.29 is 13.9 Å². The molecule has 0 aliphatic carbocycles. The van der Waals surface area contributed by atoms with Crippen LogP contribution >= 0.6 is 0 Å². The van der Waals surface area contributed by atoms with Crippen molar-refractivity contribution in [1.29, 1.82) is 0 Å². The molecule has 0 bridgehead atoms. The van der Waals surface area contributed by atoms with E-state index in [1.165, 1.54) is 12.1 Å². The number of aromatic nitrogens is 1. The molecule has 0 radical (unpaired) electrons. The van der Waals surface area contributed by atoms with Gasteiger partial charge >= 0.3 is 0 Å². The number of benzene rings is 2. The lowest BCUT2D eigenvalue weighted by Gasteiger charge is -2.13. The smallest absolute Gasteiger partial charge is 0.231 e. The van der Waals surface area contributed by atoms with E-state index in [4.69, 9.17) is 9.47 Å². The Labute approximate surface area is 125 Å². The van der Waals surface area contributed by atoms with E-state index in [2.05, 4.69) is 0 Å². The Balaban J connectivity index is 2.01. The maximum atomic E-state index is 13.1. The molecule has 5 heteroatoms. The lowest BCUT2D eigenvalue weighted by atomic mass is 10.1. The molecule has 0 atom stereocenters. The standard InChI is InChI=1S/C17H12FNO3/c1-19-13(10-2-4-11(18)5-3-10)7-15(20)12-6-16-17(8-14(12)19)22-9-21-16/h2-8H,9H2,1H3. The number of ether oxygens (including phenoxy) is 2. The summed E-state index contributed by atoms with van der Waals surface area (Å²) < 4.78 is 25.7. The predicted molar refractivity (Wildman–Crippen MR) is 80.7 cm³/mol. The molecule has 1 aliphatic rings. The zero-order valence-corrected chi connectivity index (χ0v) is 11.8. The van der Waals surface area contributed by atoms with Crippen molar-refractivity contribution >= 4 is 10.9 Å². The van der Waals surface area contributed by atoms with E-state index in [0.29, 0.717) is 16.9 Å². The number of nitrogens with zero attached hydrogens (tertiary/aromatic N) is 1. The van der Waals surface area contributed by atoms with Gasteiger partial charge in [-0.05, 0) is 35.9 Å². The summed E-state index contributed by atoms with van der Waals surface area (Å²) in [6.07, 6.45) is 0. The van der Waals surface area contributed by atoms with Crippen molar-refractivity contribution in [2.75, 3.05) is 6.79 Å². The first kappa shape index (κ1) is 12.9. The zero-order valence-electron chi connectivity index (χ0n) is 11.8. The molecule has 110 valence electrons. The van der Waals surface area contributed by atoms with Crippen LogP contribution < -0.4 is 14.9 Å². The summed E-state index contributed by atoms with van der Waals surface area (Å²) in [5.74, 6) is 0.899. The van der Waals surface area contributed by atoms with E-state index in [-0.39, 0.29) is 18.0 Å². The van der Waals surface area contributed by atoms with Crippen LogP contribution in [0.3, 0.4) is 0 Å². The van der Waals surface area contributed by atoms with Gasteiger partial charge < -0.3 is 14.0 Å². The van der Waals surface area contributed by atoms with Crippen molar-refractivity contribution in [3.63, 3.8) is 0 Å². The molecule has 4 rings (SSSR count). The van der Waals surface area contributed by atoms with E-state index >= 15 is 0 Å². The summed E-state index contributed by atoms with van der Waals surface area (Å²) in [5.41, 5.74) is 2.14. The first-order valence-corrected chi connectivity index (χ1v) is 6.83. The van der Waals surface area contributed by atoms with E-state index in [1.54, 1.807) is 30.3 Å². The van der Waals surface area contributed by atoms with Crippen LogP contribution in [0.25, 0.3) is 22.2 Å². The van der Waals surface area contributed by atoms with Gasteiger partial charge in [-0.2, -0.15) is 0 Å². The Bertz CT molecular complexity index is 945. The molecule has 22 heavy (non-hydrogen) atoms. The fourth-order valence-electron chi connectivity index (χ4n) is 2.73. The Morgan fingerprint density at radius 1 is 1.05 bits per heavy atom. The second kappa shape index (κ2) is 4.59. The minimum Gasteiger partial charge on any atom is -0.454 e. The highest BCUT2D eigenvalue weighted by molar-refractivity contribution is 5.86. The third-order valence-corrected chi connectivity index (χ3v) is 3.89. The van der Waals surface area contributed by atoms with Gasteiger partial charge in [-0.25, -0.2) is 4.39 Å². The minimum absolute atomic E-state index is 0.106. The zero-order chi connectivity index (χ0) is 15.3. The average molecular weight is 297 g/mol. The van der Waals surface area contributed by atoms with E-state index < -0.39 is 0 Å². The summed E-state index contributed by atoms with van der Waals surface area (Å²) in [5, 5.41) is 0.567. The molecule has 4 nitrogen and oxygen atoms in total. The van der Waals surface area contributed by atoms with Crippen molar-refractivity contribution in [2.45, 2.75) is 0 Å². The van der Waals surface area contributed by atoms with Gasteiger partial charge in [0.25, 0.3) is 0 Å². The van der Waals surface area contributed by atoms with Crippen LogP contribution in [0.1, 0.15) is 0 Å². The highest BCUT2D eigenvalue weighted by Crippen LogP contribution is 2.35. The Morgan fingerprint density at radius 2 is 1.73 bits per heavy atom. The first-order chi connectivity index (χ1) is 10.6. The maximum Gasteiger partial charge on any atom is 0.231 e. The van der Waals surface area contributed by atoms with Crippen molar-refractivity contribution in [3.05, 3.63) is 58.5 Å². The topological polar surface area (TPSA) is 40.5 Å². The first-order valence-electron chi connectivity index (χ1n) is 6.83. The lowest BCUT2D eigenvalue weighted by molar-refractivity contribution is 0.174. The van der Waals surface area contributed by atoms with Gasteiger partial charge in [-0.3, -0.25) is 4.79 Å². The van der Waals surface area contributed by atoms with Crippen LogP contribution in [0.5, 0.6) is 11.5 Å². The second-order valence-electron chi connectivity index (χ2n) is 5.18. The molecule has 0 N–H and O–H groups in total. The van der Waals surface area contributed by atoms with Gasteiger partial charge in [0.05, 0.1) is 11.2 Å². The van der Waals surface area contributed by atoms with Gasteiger partial charge in [-0.1, -0.05) is 0 Å². The third kappa shape index (κ3) is 1.86. The van der Waals surface area contributed by atoms with Gasteiger partial charge in [-0.15, -0.1) is 0 Å². The predicted octanol–water partition coefficient (Wildman–Crippen LogP) is 3.07. The van der Waals surface area contributed by atoms with Crippen LogP contribution in [0, 0.1) is 5.82 Å². The van der Waals surface area contributed by atoms with Gasteiger partial charge in [0.1, 0.15) is 5.82 Å². The lowest BCUT2D eigenvalue weighted by Crippen LogP contribution is -2.09. The molecular weight excluding hydrogens is 285 g/mol. The van der Waals surface area contributed by atoms with Crippen molar-refractivity contribution in [3.8, 4) is 22.8 Å². The normalized spacial score (nSPS) is 12.8. The SMILES string of the molecule is Cn1c(-c2ccc(F)cc2)cc(=O)c2cc3c(cc21)OCO3. The van der Waals surface area contributed by atoms with Crippen molar-refractivity contribution in [1.82, 2.24) is 4.57 Å². The average Bonchev–Trinajstić information content (AvgIpc) is 2.98. The summed E-state index contributed by atoms with van der Waals surface area (Å²) in [4.78, 5) is 12.4. The van der Waals surface area contributed by atoms with Gasteiger partial charge in [0, 0.05) is 24.6 Å². The molecule has 0 saturated heterocycles. The van der Waals surface area contributed by atoms with Crippen LogP contribution in [-0.4, -0.2) is 11.4 Å². The summed E-state index contributed by atoms with van der Waals surface area (Å²) in [6.45, 7) is 0.161. The molecule has 3 aromatic rings.